The second-order valence-corrected chi connectivity index (χ2v) is 8.52. The highest BCUT2D eigenvalue weighted by molar-refractivity contribution is 6.30. The number of ketones is 1. The summed E-state index contributed by atoms with van der Waals surface area (Å²) in [5.41, 5.74) is -1.53. The molecule has 1 aliphatic heterocycles. The van der Waals surface area contributed by atoms with E-state index in [0.717, 1.165) is 19.3 Å². The Kier molecular flexibility index (Phi) is 7.14. The van der Waals surface area contributed by atoms with E-state index in [2.05, 4.69) is 0 Å². The molecule has 0 bridgehead atoms. The van der Waals surface area contributed by atoms with Gasteiger partial charge in [-0.1, -0.05) is 18.0 Å². The number of carbonyl (C=O) groups is 3. The Morgan fingerprint density at radius 2 is 2.10 bits per heavy atom. The number of rotatable bonds is 7. The summed E-state index contributed by atoms with van der Waals surface area (Å²) in [4.78, 5) is 39.3. The van der Waals surface area contributed by atoms with Crippen LogP contribution in [-0.2, 0) is 25.5 Å². The predicted octanol–water partition coefficient (Wildman–Crippen LogP) is 3.07. The van der Waals surface area contributed by atoms with Gasteiger partial charge in [-0.2, -0.15) is 0 Å². The van der Waals surface area contributed by atoms with Crippen molar-refractivity contribution in [1.82, 2.24) is 4.90 Å². The second kappa shape index (κ2) is 9.43. The van der Waals surface area contributed by atoms with Gasteiger partial charge in [-0.05, 0) is 56.4 Å². The van der Waals surface area contributed by atoms with E-state index >= 15 is 0 Å². The molecule has 2 fully saturated rings. The van der Waals surface area contributed by atoms with Gasteiger partial charge in [-0.15, -0.1) is 0 Å². The molecule has 1 heterocycles. The van der Waals surface area contributed by atoms with E-state index in [4.69, 9.17) is 16.3 Å². The van der Waals surface area contributed by atoms with Gasteiger partial charge in [0, 0.05) is 30.5 Å². The van der Waals surface area contributed by atoms with Crippen LogP contribution in [0.3, 0.4) is 0 Å². The molecule has 0 aromatic heterocycles. The molecule has 1 N–H and O–H groups in total. The molecular weight excluding hydrogens is 413 g/mol. The van der Waals surface area contributed by atoms with Crippen LogP contribution in [0.2, 0.25) is 5.02 Å². The molecule has 2 aliphatic rings. The molecule has 1 saturated carbocycles. The fourth-order valence-corrected chi connectivity index (χ4v) is 4.72. The molecule has 6 nitrogen and oxygen atoms in total. The van der Waals surface area contributed by atoms with Gasteiger partial charge in [-0.3, -0.25) is 14.4 Å². The Morgan fingerprint density at radius 1 is 1.33 bits per heavy atom. The number of hydrogen-bond donors (Lipinski definition) is 1. The topological polar surface area (TPSA) is 83.9 Å². The molecule has 30 heavy (non-hydrogen) atoms. The van der Waals surface area contributed by atoms with E-state index in [1.165, 1.54) is 12.1 Å². The zero-order chi connectivity index (χ0) is 21.9. The van der Waals surface area contributed by atoms with Crippen molar-refractivity contribution < 1.29 is 28.6 Å². The summed E-state index contributed by atoms with van der Waals surface area (Å²) < 4.78 is 18.6. The molecule has 3 atom stereocenters. The Labute approximate surface area is 180 Å². The monoisotopic (exact) mass is 439 g/mol. The third kappa shape index (κ3) is 4.83. The molecule has 1 saturated heterocycles. The van der Waals surface area contributed by atoms with Gasteiger partial charge in [0.05, 0.1) is 12.5 Å². The molecule has 164 valence electrons. The van der Waals surface area contributed by atoms with E-state index in [0.29, 0.717) is 18.6 Å². The molecule has 3 rings (SSSR count). The maximum atomic E-state index is 13.5. The summed E-state index contributed by atoms with van der Waals surface area (Å²) in [6.07, 6.45) is 2.83. The summed E-state index contributed by atoms with van der Waals surface area (Å²) in [7, 11) is 0. The minimum atomic E-state index is -2.06. The fraction of sp³-hybridized carbons (Fsp3) is 0.591. The average molecular weight is 440 g/mol. The van der Waals surface area contributed by atoms with Crippen molar-refractivity contribution in [3.05, 3.63) is 34.6 Å². The summed E-state index contributed by atoms with van der Waals surface area (Å²) in [6, 6.07) is 3.82. The van der Waals surface area contributed by atoms with E-state index in [-0.39, 0.29) is 48.8 Å². The smallest absolute Gasteiger partial charge is 0.308 e. The number of Topliss-reactive ketones (excluding diaryl/α,β-unsaturated/α-hetero) is 1. The first-order valence-corrected chi connectivity index (χ1v) is 10.8. The molecule has 1 aromatic carbocycles. The van der Waals surface area contributed by atoms with Crippen LogP contribution in [0.15, 0.2) is 18.2 Å². The maximum absolute atomic E-state index is 13.5. The summed E-state index contributed by atoms with van der Waals surface area (Å²) in [5, 5.41) is 11.1. The maximum Gasteiger partial charge on any atom is 0.308 e. The number of halogens is 2. The lowest BCUT2D eigenvalue weighted by Crippen LogP contribution is -2.50. The molecule has 8 heteroatoms. The van der Waals surface area contributed by atoms with E-state index in [1.54, 1.807) is 17.9 Å². The van der Waals surface area contributed by atoms with E-state index in [9.17, 15) is 23.9 Å². The minimum absolute atomic E-state index is 0.0230. The van der Waals surface area contributed by atoms with Crippen molar-refractivity contribution in [2.75, 3.05) is 13.2 Å². The fourth-order valence-electron chi connectivity index (χ4n) is 4.48. The zero-order valence-corrected chi connectivity index (χ0v) is 17.8. The predicted molar refractivity (Wildman–Crippen MR) is 108 cm³/mol. The van der Waals surface area contributed by atoms with Crippen LogP contribution in [0.4, 0.5) is 4.39 Å². The minimum Gasteiger partial charge on any atom is -0.466 e. The third-order valence-corrected chi connectivity index (χ3v) is 6.28. The third-order valence-electron chi connectivity index (χ3n) is 6.06. The molecule has 1 aliphatic carbocycles. The van der Waals surface area contributed by atoms with Crippen molar-refractivity contribution in [1.29, 1.82) is 0 Å². The molecule has 1 amide bonds. The zero-order valence-electron chi connectivity index (χ0n) is 17.0. The van der Waals surface area contributed by atoms with Crippen LogP contribution < -0.4 is 0 Å². The lowest BCUT2D eigenvalue weighted by molar-refractivity contribution is -0.156. The van der Waals surface area contributed by atoms with Gasteiger partial charge in [0.2, 0.25) is 5.60 Å². The number of aliphatic hydroxyl groups is 1. The number of carbonyl (C=O) groups excluding carboxylic acids is 3. The highest BCUT2D eigenvalue weighted by Crippen LogP contribution is 2.35. The van der Waals surface area contributed by atoms with E-state index in [1.807, 2.05) is 0 Å². The van der Waals surface area contributed by atoms with Gasteiger partial charge < -0.3 is 14.7 Å². The van der Waals surface area contributed by atoms with Gasteiger partial charge in [0.25, 0.3) is 5.91 Å². The number of ether oxygens (including phenoxy) is 1. The number of esters is 1. The van der Waals surface area contributed by atoms with Crippen LogP contribution in [0.25, 0.3) is 0 Å². The van der Waals surface area contributed by atoms with E-state index < -0.39 is 23.1 Å². The quantitative estimate of drug-likeness (QED) is 0.521. The lowest BCUT2D eigenvalue weighted by Gasteiger charge is -2.35. The summed E-state index contributed by atoms with van der Waals surface area (Å²) >= 11 is 5.83. The number of benzene rings is 1. The number of likely N-dealkylation sites (tertiary alicyclic amines) is 1. The normalized spacial score (nSPS) is 26.7. The van der Waals surface area contributed by atoms with Gasteiger partial charge in [-0.25, -0.2) is 4.39 Å². The largest absolute Gasteiger partial charge is 0.466 e. The standard InChI is InChI=1S/C22H27ClFNO5/c1-2-30-20(27)15-4-3-5-18(12-15)25-9-8-22(29,21(25)28)19(26)7-6-14-10-16(23)13-17(24)11-14/h10-11,13,15,18,29H,2-9,12H2,1H3. The highest BCUT2D eigenvalue weighted by Gasteiger charge is 2.52. The molecule has 0 spiro atoms. The second-order valence-electron chi connectivity index (χ2n) is 8.08. The Bertz CT molecular complexity index is 811. The highest BCUT2D eigenvalue weighted by atomic mass is 35.5. The first-order chi connectivity index (χ1) is 14.2. The Morgan fingerprint density at radius 3 is 2.80 bits per heavy atom. The van der Waals surface area contributed by atoms with Crippen molar-refractivity contribution in [3.63, 3.8) is 0 Å². The van der Waals surface area contributed by atoms with Crippen molar-refractivity contribution in [2.45, 2.75) is 63.5 Å². The van der Waals surface area contributed by atoms with Gasteiger partial charge in [0.1, 0.15) is 5.82 Å². The van der Waals surface area contributed by atoms with Gasteiger partial charge in [0.15, 0.2) is 5.78 Å². The SMILES string of the molecule is CCOC(=O)C1CCCC(N2CCC(O)(C(=O)CCc3cc(F)cc(Cl)c3)C2=O)C1. The summed E-state index contributed by atoms with van der Waals surface area (Å²) in [6.45, 7) is 2.34. The summed E-state index contributed by atoms with van der Waals surface area (Å²) in [5.74, 6) is -2.19. The number of amides is 1. The number of aryl methyl sites for hydroxylation is 1. The van der Waals surface area contributed by atoms with Crippen LogP contribution in [0.1, 0.15) is 51.0 Å². The van der Waals surface area contributed by atoms with Crippen molar-refractivity contribution in [2.24, 2.45) is 5.92 Å². The first kappa shape index (κ1) is 22.7. The number of nitrogens with zero attached hydrogens (tertiary/aromatic N) is 1. The van der Waals surface area contributed by atoms with Crippen LogP contribution in [-0.4, -0.2) is 52.5 Å². The first-order valence-electron chi connectivity index (χ1n) is 10.4. The van der Waals surface area contributed by atoms with Crippen molar-refractivity contribution >= 4 is 29.3 Å². The molecular formula is C22H27ClFNO5. The van der Waals surface area contributed by atoms with Crippen LogP contribution >= 0.6 is 11.6 Å². The van der Waals surface area contributed by atoms with Gasteiger partial charge >= 0.3 is 5.97 Å². The molecule has 1 aromatic rings. The molecule has 0 radical (unpaired) electrons. The van der Waals surface area contributed by atoms with Crippen molar-refractivity contribution in [3.8, 4) is 0 Å². The Balaban J connectivity index is 1.62. The Hall–Kier alpha value is -1.99. The lowest BCUT2D eigenvalue weighted by atomic mass is 9.85. The molecule has 3 unspecified atom stereocenters. The van der Waals surface area contributed by atoms with Crippen LogP contribution in [0, 0.1) is 11.7 Å². The number of hydrogen-bond acceptors (Lipinski definition) is 5. The van der Waals surface area contributed by atoms with Crippen LogP contribution in [0.5, 0.6) is 0 Å². The average Bonchev–Trinajstić information content (AvgIpc) is 3.01.